The van der Waals surface area contributed by atoms with Crippen LogP contribution in [-0.4, -0.2) is 42.9 Å². The number of aliphatic hydroxyl groups excluding tert-OH is 1. The summed E-state index contributed by atoms with van der Waals surface area (Å²) in [6.07, 6.45) is 0.0598. The average molecular weight is 301 g/mol. The summed E-state index contributed by atoms with van der Waals surface area (Å²) in [6, 6.07) is 7.50. The van der Waals surface area contributed by atoms with E-state index >= 15 is 0 Å². The normalized spacial score (nSPS) is 21.1. The predicted octanol–water partition coefficient (Wildman–Crippen LogP) is 0.635. The van der Waals surface area contributed by atoms with Gasteiger partial charge in [-0.3, -0.25) is 4.79 Å². The molecular weight excluding hydrogens is 280 g/mol. The minimum Gasteiger partial charge on any atom is -0.492 e. The molecule has 1 fully saturated rings. The summed E-state index contributed by atoms with van der Waals surface area (Å²) in [6.45, 7) is 3.40. The van der Waals surface area contributed by atoms with Gasteiger partial charge in [-0.25, -0.2) is 0 Å². The molecule has 0 saturated carbocycles. The quantitative estimate of drug-likeness (QED) is 0.698. The maximum Gasteiger partial charge on any atom is 0.237 e. The summed E-state index contributed by atoms with van der Waals surface area (Å²) < 4.78 is 5.51. The third-order valence-corrected chi connectivity index (χ3v) is 3.12. The van der Waals surface area contributed by atoms with Gasteiger partial charge in [0.25, 0.3) is 0 Å². The van der Waals surface area contributed by atoms with Crippen LogP contribution in [0.3, 0.4) is 0 Å². The van der Waals surface area contributed by atoms with Gasteiger partial charge in [0, 0.05) is 6.54 Å². The number of carbonyl (C=O) groups is 1. The second-order valence-corrected chi connectivity index (χ2v) is 4.80. The highest BCUT2D eigenvalue weighted by molar-refractivity contribution is 5.85. The SMILES string of the molecule is Cc1ccc(OCCNC(=O)C2CC(O)CN2)cc1.Cl. The van der Waals surface area contributed by atoms with Gasteiger partial charge in [0.05, 0.1) is 18.7 Å². The van der Waals surface area contributed by atoms with E-state index in [0.29, 0.717) is 26.1 Å². The first kappa shape index (κ1) is 16.8. The van der Waals surface area contributed by atoms with Crippen LogP contribution in [0.2, 0.25) is 0 Å². The van der Waals surface area contributed by atoms with Crippen molar-refractivity contribution in [1.82, 2.24) is 10.6 Å². The van der Waals surface area contributed by atoms with Crippen molar-refractivity contribution in [1.29, 1.82) is 0 Å². The van der Waals surface area contributed by atoms with Crippen molar-refractivity contribution in [2.45, 2.75) is 25.5 Å². The Morgan fingerprint density at radius 1 is 1.45 bits per heavy atom. The van der Waals surface area contributed by atoms with Crippen LogP contribution in [0, 0.1) is 6.92 Å². The molecule has 0 bridgehead atoms. The van der Waals surface area contributed by atoms with E-state index in [4.69, 9.17) is 4.74 Å². The largest absolute Gasteiger partial charge is 0.492 e. The third-order valence-electron chi connectivity index (χ3n) is 3.12. The van der Waals surface area contributed by atoms with Crippen molar-refractivity contribution in [3.63, 3.8) is 0 Å². The summed E-state index contributed by atoms with van der Waals surface area (Å²) in [5.41, 5.74) is 1.19. The lowest BCUT2D eigenvalue weighted by molar-refractivity contribution is -0.123. The van der Waals surface area contributed by atoms with Crippen molar-refractivity contribution in [2.75, 3.05) is 19.7 Å². The lowest BCUT2D eigenvalue weighted by Crippen LogP contribution is -2.41. The fraction of sp³-hybridized carbons (Fsp3) is 0.500. The maximum absolute atomic E-state index is 11.7. The van der Waals surface area contributed by atoms with E-state index in [1.54, 1.807) is 0 Å². The molecule has 112 valence electrons. The number of amides is 1. The second-order valence-electron chi connectivity index (χ2n) is 4.80. The molecule has 5 nitrogen and oxygen atoms in total. The average Bonchev–Trinajstić information content (AvgIpc) is 2.83. The van der Waals surface area contributed by atoms with Crippen LogP contribution in [0.5, 0.6) is 5.75 Å². The van der Waals surface area contributed by atoms with E-state index < -0.39 is 6.10 Å². The minimum atomic E-state index is -0.417. The summed E-state index contributed by atoms with van der Waals surface area (Å²) in [4.78, 5) is 11.7. The van der Waals surface area contributed by atoms with Crippen LogP contribution < -0.4 is 15.4 Å². The van der Waals surface area contributed by atoms with E-state index in [9.17, 15) is 9.90 Å². The molecule has 1 aromatic rings. The molecule has 6 heteroatoms. The molecule has 0 aromatic heterocycles. The molecule has 2 unspecified atom stereocenters. The highest BCUT2D eigenvalue weighted by Crippen LogP contribution is 2.11. The van der Waals surface area contributed by atoms with Crippen molar-refractivity contribution >= 4 is 18.3 Å². The van der Waals surface area contributed by atoms with E-state index in [1.807, 2.05) is 31.2 Å². The molecule has 1 amide bonds. The molecule has 2 atom stereocenters. The van der Waals surface area contributed by atoms with Gasteiger partial charge in [0.1, 0.15) is 12.4 Å². The molecular formula is C14H21ClN2O3. The molecule has 1 aliphatic heterocycles. The van der Waals surface area contributed by atoms with Crippen molar-refractivity contribution < 1.29 is 14.6 Å². The van der Waals surface area contributed by atoms with Gasteiger partial charge < -0.3 is 20.5 Å². The Balaban J connectivity index is 0.00000200. The van der Waals surface area contributed by atoms with Gasteiger partial charge in [-0.1, -0.05) is 17.7 Å². The van der Waals surface area contributed by atoms with Crippen molar-refractivity contribution in [3.05, 3.63) is 29.8 Å². The number of aryl methyl sites for hydroxylation is 1. The van der Waals surface area contributed by atoms with Crippen LogP contribution in [-0.2, 0) is 4.79 Å². The zero-order valence-electron chi connectivity index (χ0n) is 11.5. The molecule has 0 spiro atoms. The Bertz CT molecular complexity index is 425. The van der Waals surface area contributed by atoms with Gasteiger partial charge in [-0.05, 0) is 25.5 Å². The first-order valence-electron chi connectivity index (χ1n) is 6.54. The highest BCUT2D eigenvalue weighted by atomic mass is 35.5. The van der Waals surface area contributed by atoms with Gasteiger partial charge in [-0.2, -0.15) is 0 Å². The molecule has 20 heavy (non-hydrogen) atoms. The minimum absolute atomic E-state index is 0. The Labute approximate surface area is 125 Å². The third kappa shape index (κ3) is 5.00. The van der Waals surface area contributed by atoms with Crippen LogP contribution in [0.1, 0.15) is 12.0 Å². The molecule has 1 aliphatic rings. The number of halogens is 1. The van der Waals surface area contributed by atoms with Crippen LogP contribution in [0.25, 0.3) is 0 Å². The van der Waals surface area contributed by atoms with E-state index in [1.165, 1.54) is 5.56 Å². The fourth-order valence-corrected chi connectivity index (χ4v) is 2.02. The van der Waals surface area contributed by atoms with Gasteiger partial charge in [-0.15, -0.1) is 12.4 Å². The number of ether oxygens (including phenoxy) is 1. The first-order valence-corrected chi connectivity index (χ1v) is 6.54. The summed E-state index contributed by atoms with van der Waals surface area (Å²) in [5.74, 6) is 0.721. The highest BCUT2D eigenvalue weighted by Gasteiger charge is 2.27. The number of β-amino-alcohol motifs (C(OH)–C–C–N with tert-alkyl or cyclic N) is 1. The van der Waals surface area contributed by atoms with Gasteiger partial charge in [0.15, 0.2) is 0 Å². The topological polar surface area (TPSA) is 70.6 Å². The smallest absolute Gasteiger partial charge is 0.237 e. The maximum atomic E-state index is 11.7. The lowest BCUT2D eigenvalue weighted by atomic mass is 10.2. The standard InChI is InChI=1S/C14H20N2O3.ClH/c1-10-2-4-12(5-3-10)19-7-6-15-14(18)13-8-11(17)9-16-13;/h2-5,11,13,16-17H,6-9H2,1H3,(H,15,18);1H. The first-order chi connectivity index (χ1) is 9.15. The van der Waals surface area contributed by atoms with Crippen LogP contribution >= 0.6 is 12.4 Å². The molecule has 3 N–H and O–H groups in total. The summed E-state index contributed by atoms with van der Waals surface area (Å²) >= 11 is 0. The summed E-state index contributed by atoms with van der Waals surface area (Å²) in [5, 5.41) is 15.1. The molecule has 0 aliphatic carbocycles. The second kappa shape index (κ2) is 8.09. The number of hydrogen-bond donors (Lipinski definition) is 3. The number of hydrogen-bond acceptors (Lipinski definition) is 4. The number of carbonyl (C=O) groups excluding carboxylic acids is 1. The molecule has 0 radical (unpaired) electrons. The zero-order valence-corrected chi connectivity index (χ0v) is 12.3. The molecule has 1 heterocycles. The van der Waals surface area contributed by atoms with Gasteiger partial charge in [0.2, 0.25) is 5.91 Å². The van der Waals surface area contributed by atoms with E-state index in [0.717, 1.165) is 5.75 Å². The predicted molar refractivity (Wildman–Crippen MR) is 79.3 cm³/mol. The number of nitrogens with one attached hydrogen (secondary N) is 2. The van der Waals surface area contributed by atoms with Crippen molar-refractivity contribution in [3.8, 4) is 5.75 Å². The summed E-state index contributed by atoms with van der Waals surface area (Å²) in [7, 11) is 0. The molecule has 2 rings (SSSR count). The Morgan fingerprint density at radius 3 is 2.75 bits per heavy atom. The Morgan fingerprint density at radius 2 is 2.15 bits per heavy atom. The van der Waals surface area contributed by atoms with Crippen LogP contribution in [0.4, 0.5) is 0 Å². The van der Waals surface area contributed by atoms with E-state index in [2.05, 4.69) is 10.6 Å². The Hall–Kier alpha value is -1.30. The monoisotopic (exact) mass is 300 g/mol. The van der Waals surface area contributed by atoms with Gasteiger partial charge >= 0.3 is 0 Å². The molecule has 1 aromatic carbocycles. The zero-order chi connectivity index (χ0) is 13.7. The molecule has 1 saturated heterocycles. The number of aliphatic hydroxyl groups is 1. The fourth-order valence-electron chi connectivity index (χ4n) is 2.02. The Kier molecular flexibility index (Phi) is 6.78. The van der Waals surface area contributed by atoms with E-state index in [-0.39, 0.29) is 24.4 Å². The van der Waals surface area contributed by atoms with Crippen LogP contribution in [0.15, 0.2) is 24.3 Å². The van der Waals surface area contributed by atoms with Crippen molar-refractivity contribution in [2.24, 2.45) is 0 Å². The lowest BCUT2D eigenvalue weighted by Gasteiger charge is -2.11. The number of rotatable bonds is 5. The number of benzene rings is 1.